The van der Waals surface area contributed by atoms with Gasteiger partial charge in [0.2, 0.25) is 0 Å². The first kappa shape index (κ1) is 19.1. The molecule has 3 rings (SSSR count). The zero-order valence-electron chi connectivity index (χ0n) is 14.8. The van der Waals surface area contributed by atoms with Crippen LogP contribution in [0.25, 0.3) is 0 Å². The van der Waals surface area contributed by atoms with E-state index in [4.69, 9.17) is 23.2 Å². The first-order valence-electron chi connectivity index (χ1n) is 8.84. The van der Waals surface area contributed by atoms with Crippen molar-refractivity contribution >= 4 is 34.9 Å². The first-order valence-corrected chi connectivity index (χ1v) is 9.59. The van der Waals surface area contributed by atoms with Gasteiger partial charge in [0.25, 0.3) is 5.91 Å². The van der Waals surface area contributed by atoms with Gasteiger partial charge < -0.3 is 15.1 Å². The van der Waals surface area contributed by atoms with Gasteiger partial charge in [-0.05, 0) is 18.6 Å². The Morgan fingerprint density at radius 1 is 1.15 bits per heavy atom. The Kier molecular flexibility index (Phi) is 6.48. The number of nitrogens with zero attached hydrogens (tertiary/aromatic N) is 1. The second kappa shape index (κ2) is 8.82. The van der Waals surface area contributed by atoms with Crippen LogP contribution in [0.2, 0.25) is 10.0 Å². The van der Waals surface area contributed by atoms with Crippen LogP contribution in [0.15, 0.2) is 36.5 Å². The van der Waals surface area contributed by atoms with Crippen LogP contribution in [0, 0.1) is 6.92 Å². The number of carbonyl (C=O) groups excluding carboxylic acids is 1. The van der Waals surface area contributed by atoms with Gasteiger partial charge in [-0.25, -0.2) is 4.98 Å². The smallest absolute Gasteiger partial charge is 0.280 e. The second-order valence-corrected chi connectivity index (χ2v) is 7.66. The van der Waals surface area contributed by atoms with Crippen LogP contribution in [0.1, 0.15) is 11.1 Å². The molecule has 7 heteroatoms. The number of amides is 1. The molecule has 0 bridgehead atoms. The molecule has 1 aromatic heterocycles. The molecule has 1 fully saturated rings. The van der Waals surface area contributed by atoms with Crippen molar-refractivity contribution in [3.05, 3.63) is 57.7 Å². The molecule has 0 atom stereocenters. The van der Waals surface area contributed by atoms with Gasteiger partial charge in [-0.2, -0.15) is 0 Å². The van der Waals surface area contributed by atoms with Crippen LogP contribution < -0.4 is 15.1 Å². The number of hydrogen-bond acceptors (Lipinski definition) is 2. The number of nitrogens with one attached hydrogen (secondary N) is 3. The summed E-state index contributed by atoms with van der Waals surface area (Å²) in [6.07, 6.45) is 1.48. The van der Waals surface area contributed by atoms with Crippen molar-refractivity contribution in [1.29, 1.82) is 0 Å². The summed E-state index contributed by atoms with van der Waals surface area (Å²) in [6.45, 7) is 7.74. The molecule has 3 N–H and O–H groups in total. The third-order valence-electron chi connectivity index (χ3n) is 4.84. The maximum atomic E-state index is 12.3. The molecular formula is C19H24Cl2N4O+2. The molecule has 0 spiro atoms. The zero-order chi connectivity index (χ0) is 18.5. The minimum atomic E-state index is -0.0703. The number of rotatable bonds is 5. The summed E-state index contributed by atoms with van der Waals surface area (Å²) in [4.78, 5) is 19.2. The molecule has 1 aromatic carbocycles. The fourth-order valence-electron chi connectivity index (χ4n) is 3.30. The number of piperazine rings is 1. The Morgan fingerprint density at radius 3 is 2.54 bits per heavy atom. The van der Waals surface area contributed by atoms with E-state index < -0.39 is 0 Å². The highest BCUT2D eigenvalue weighted by Crippen LogP contribution is 2.22. The average molecular weight is 395 g/mol. The molecule has 1 aliphatic rings. The molecule has 138 valence electrons. The van der Waals surface area contributed by atoms with Crippen LogP contribution >= 0.6 is 23.2 Å². The number of carbonyl (C=O) groups is 1. The molecule has 2 aromatic rings. The topological polar surface area (TPSA) is 50.9 Å². The SMILES string of the molecule is Cc1ccccc1C[NH+]1CC[NH+](CC(=O)Nc2ncc(Cl)cc2Cl)CC1. The van der Waals surface area contributed by atoms with Crippen LogP contribution in [0.4, 0.5) is 5.82 Å². The largest absolute Gasteiger partial charge is 0.322 e. The number of benzene rings is 1. The van der Waals surface area contributed by atoms with Crippen molar-refractivity contribution in [1.82, 2.24) is 4.98 Å². The Labute approximate surface area is 163 Å². The van der Waals surface area contributed by atoms with E-state index in [1.807, 2.05) is 0 Å². The third kappa shape index (κ3) is 5.17. The molecule has 5 nitrogen and oxygen atoms in total. The number of quaternary nitrogens is 2. The summed E-state index contributed by atoms with van der Waals surface area (Å²) < 4.78 is 0. The van der Waals surface area contributed by atoms with Gasteiger partial charge in [-0.3, -0.25) is 4.79 Å². The molecule has 1 saturated heterocycles. The standard InChI is InChI=1S/C19H22Cl2N4O/c1-14-4-2-3-5-15(14)12-24-6-8-25(9-7-24)13-18(26)23-19-17(21)10-16(20)11-22-19/h2-5,10-11H,6-9,12-13H2,1H3,(H,22,23,26)/p+2. The Bertz CT molecular complexity index is 776. The summed E-state index contributed by atoms with van der Waals surface area (Å²) in [5, 5.41) is 3.58. The minimum absolute atomic E-state index is 0.0703. The maximum absolute atomic E-state index is 12.3. The van der Waals surface area contributed by atoms with E-state index >= 15 is 0 Å². The molecule has 0 unspecified atom stereocenters. The molecule has 2 heterocycles. The van der Waals surface area contributed by atoms with Gasteiger partial charge in [0, 0.05) is 11.8 Å². The number of aromatic nitrogens is 1. The third-order valence-corrected chi connectivity index (χ3v) is 5.34. The molecule has 0 saturated carbocycles. The van der Waals surface area contributed by atoms with Crippen molar-refractivity contribution in [2.45, 2.75) is 13.5 Å². The highest BCUT2D eigenvalue weighted by Gasteiger charge is 2.25. The summed E-state index contributed by atoms with van der Waals surface area (Å²) in [5.41, 5.74) is 2.76. The highest BCUT2D eigenvalue weighted by molar-refractivity contribution is 6.36. The number of aryl methyl sites for hydroxylation is 1. The van der Waals surface area contributed by atoms with Crippen LogP contribution in [-0.2, 0) is 11.3 Å². The Balaban J connectivity index is 1.46. The van der Waals surface area contributed by atoms with E-state index in [2.05, 4.69) is 41.5 Å². The number of pyridine rings is 1. The number of hydrogen-bond donors (Lipinski definition) is 3. The lowest BCUT2D eigenvalue weighted by Gasteiger charge is -2.29. The maximum Gasteiger partial charge on any atom is 0.280 e. The molecule has 1 aliphatic heterocycles. The quantitative estimate of drug-likeness (QED) is 0.696. The molecular weight excluding hydrogens is 371 g/mol. The van der Waals surface area contributed by atoms with Crippen LogP contribution in [0.5, 0.6) is 0 Å². The van der Waals surface area contributed by atoms with Crippen molar-refractivity contribution in [3.8, 4) is 0 Å². The first-order chi connectivity index (χ1) is 12.5. The lowest BCUT2D eigenvalue weighted by molar-refractivity contribution is -1.02. The average Bonchev–Trinajstić information content (AvgIpc) is 2.61. The molecule has 1 amide bonds. The Morgan fingerprint density at radius 2 is 1.85 bits per heavy atom. The summed E-state index contributed by atoms with van der Waals surface area (Å²) in [5.74, 6) is 0.295. The fraction of sp³-hybridized carbons (Fsp3) is 0.368. The van der Waals surface area contributed by atoms with Crippen molar-refractivity contribution in [2.24, 2.45) is 0 Å². The normalized spacial score (nSPS) is 20.0. The van der Waals surface area contributed by atoms with E-state index in [-0.39, 0.29) is 5.91 Å². The summed E-state index contributed by atoms with van der Waals surface area (Å²) >= 11 is 11.9. The highest BCUT2D eigenvalue weighted by atomic mass is 35.5. The predicted molar refractivity (Wildman–Crippen MR) is 104 cm³/mol. The number of anilines is 1. The lowest BCUT2D eigenvalue weighted by Crippen LogP contribution is -3.28. The monoisotopic (exact) mass is 394 g/mol. The van der Waals surface area contributed by atoms with Crippen molar-refractivity contribution < 1.29 is 14.6 Å². The molecule has 26 heavy (non-hydrogen) atoms. The van der Waals surface area contributed by atoms with Gasteiger partial charge in [0.05, 0.1) is 10.0 Å². The second-order valence-electron chi connectivity index (χ2n) is 6.81. The van der Waals surface area contributed by atoms with Crippen molar-refractivity contribution in [2.75, 3.05) is 38.0 Å². The van der Waals surface area contributed by atoms with Gasteiger partial charge in [-0.1, -0.05) is 47.5 Å². The fourth-order valence-corrected chi connectivity index (χ4v) is 3.73. The Hall–Kier alpha value is -1.66. The van der Waals surface area contributed by atoms with E-state index in [0.29, 0.717) is 22.4 Å². The van der Waals surface area contributed by atoms with Crippen LogP contribution in [-0.4, -0.2) is 43.6 Å². The number of halogens is 2. The van der Waals surface area contributed by atoms with E-state index in [9.17, 15) is 4.79 Å². The van der Waals surface area contributed by atoms with Gasteiger partial charge >= 0.3 is 0 Å². The minimum Gasteiger partial charge on any atom is -0.322 e. The summed E-state index contributed by atoms with van der Waals surface area (Å²) in [6, 6.07) is 10.1. The van der Waals surface area contributed by atoms with E-state index in [1.165, 1.54) is 22.2 Å². The van der Waals surface area contributed by atoms with Gasteiger partial charge in [-0.15, -0.1) is 0 Å². The van der Waals surface area contributed by atoms with Crippen molar-refractivity contribution in [3.63, 3.8) is 0 Å². The van der Waals surface area contributed by atoms with Gasteiger partial charge in [0.1, 0.15) is 32.7 Å². The zero-order valence-corrected chi connectivity index (χ0v) is 16.3. The molecule has 0 aliphatic carbocycles. The van der Waals surface area contributed by atoms with E-state index in [1.54, 1.807) is 11.0 Å². The summed E-state index contributed by atoms with van der Waals surface area (Å²) in [7, 11) is 0. The van der Waals surface area contributed by atoms with Gasteiger partial charge in [0.15, 0.2) is 12.4 Å². The van der Waals surface area contributed by atoms with Crippen LogP contribution in [0.3, 0.4) is 0 Å². The lowest BCUT2D eigenvalue weighted by atomic mass is 10.1. The predicted octanol–water partition coefficient (Wildman–Crippen LogP) is 0.619. The van der Waals surface area contributed by atoms with E-state index in [0.717, 1.165) is 32.7 Å². The molecule has 0 radical (unpaired) electrons.